The van der Waals surface area contributed by atoms with Crippen LogP contribution in [0, 0.1) is 0 Å². The number of carbonyl (C=O) groups excluding carboxylic acids is 2. The van der Waals surface area contributed by atoms with E-state index in [9.17, 15) is 9.59 Å². The van der Waals surface area contributed by atoms with Crippen LogP contribution in [0.25, 0.3) is 0 Å². The van der Waals surface area contributed by atoms with Crippen molar-refractivity contribution in [2.24, 2.45) is 0 Å². The van der Waals surface area contributed by atoms with Gasteiger partial charge in [0.1, 0.15) is 5.54 Å². The third-order valence-corrected chi connectivity index (χ3v) is 8.25. The summed E-state index contributed by atoms with van der Waals surface area (Å²) in [5, 5.41) is 0. The Morgan fingerprint density at radius 2 is 1.51 bits per heavy atom. The molecular formula is C29H38N4O2. The molecule has 0 aromatic heterocycles. The van der Waals surface area contributed by atoms with Crippen molar-refractivity contribution in [2.45, 2.75) is 50.1 Å². The summed E-state index contributed by atoms with van der Waals surface area (Å²) in [4.78, 5) is 35.6. The number of piperidine rings is 1. The van der Waals surface area contributed by atoms with Gasteiger partial charge in [-0.1, -0.05) is 54.6 Å². The second kappa shape index (κ2) is 10.1. The van der Waals surface area contributed by atoms with Gasteiger partial charge in [-0.3, -0.25) is 14.6 Å². The third kappa shape index (κ3) is 4.74. The van der Waals surface area contributed by atoms with Crippen molar-refractivity contribution in [3.05, 3.63) is 71.3 Å². The highest BCUT2D eigenvalue weighted by Gasteiger charge is 2.57. The molecular weight excluding hydrogens is 436 g/mol. The summed E-state index contributed by atoms with van der Waals surface area (Å²) in [5.74, 6) is 0.0312. The molecule has 3 amide bonds. The molecule has 0 saturated carbocycles. The quantitative estimate of drug-likeness (QED) is 0.550. The molecule has 0 unspecified atom stereocenters. The molecule has 0 bridgehead atoms. The molecule has 3 aliphatic rings. The van der Waals surface area contributed by atoms with E-state index in [1.165, 1.54) is 16.7 Å². The lowest BCUT2D eigenvalue weighted by Gasteiger charge is -2.44. The molecule has 186 valence electrons. The molecule has 0 atom stereocenters. The highest BCUT2D eigenvalue weighted by molar-refractivity contribution is 6.07. The Kier molecular flexibility index (Phi) is 6.94. The minimum absolute atomic E-state index is 0.0312. The van der Waals surface area contributed by atoms with Crippen LogP contribution in [0.5, 0.6) is 0 Å². The van der Waals surface area contributed by atoms with Crippen LogP contribution in [0.4, 0.5) is 4.79 Å². The van der Waals surface area contributed by atoms with Gasteiger partial charge in [0.05, 0.1) is 0 Å². The van der Waals surface area contributed by atoms with Gasteiger partial charge >= 0.3 is 6.03 Å². The number of nitrogens with zero attached hydrogens (tertiary/aromatic N) is 4. The summed E-state index contributed by atoms with van der Waals surface area (Å²) in [6, 6.07) is 19.5. The third-order valence-electron chi connectivity index (χ3n) is 8.25. The number of amides is 3. The number of rotatable bonds is 8. The van der Waals surface area contributed by atoms with Crippen molar-refractivity contribution in [1.82, 2.24) is 19.6 Å². The Labute approximate surface area is 209 Å². The normalized spacial score (nSPS) is 20.4. The van der Waals surface area contributed by atoms with Gasteiger partial charge in [-0.05, 0) is 75.9 Å². The van der Waals surface area contributed by atoms with Crippen molar-refractivity contribution >= 4 is 11.9 Å². The highest BCUT2D eigenvalue weighted by Crippen LogP contribution is 2.39. The molecule has 2 aromatic rings. The molecule has 35 heavy (non-hydrogen) atoms. The molecule has 5 rings (SSSR count). The molecule has 0 N–H and O–H groups in total. The number of hydrogen-bond acceptors (Lipinski definition) is 4. The maximum absolute atomic E-state index is 13.8. The van der Waals surface area contributed by atoms with E-state index in [1.54, 1.807) is 4.90 Å². The zero-order valence-corrected chi connectivity index (χ0v) is 21.2. The van der Waals surface area contributed by atoms with Crippen molar-refractivity contribution in [1.29, 1.82) is 0 Å². The van der Waals surface area contributed by atoms with E-state index in [4.69, 9.17) is 0 Å². The maximum Gasteiger partial charge on any atom is 0.327 e. The Balaban J connectivity index is 1.30. The zero-order valence-electron chi connectivity index (χ0n) is 21.2. The first-order valence-electron chi connectivity index (χ1n) is 13.1. The zero-order chi connectivity index (χ0) is 24.4. The number of urea groups is 1. The first-order chi connectivity index (χ1) is 17.0. The Bertz CT molecular complexity index is 1020. The lowest BCUT2D eigenvalue weighted by Crippen LogP contribution is -2.58. The van der Waals surface area contributed by atoms with Gasteiger partial charge in [0.2, 0.25) is 0 Å². The average Bonchev–Trinajstić information content (AvgIpc) is 3.38. The Morgan fingerprint density at radius 1 is 0.886 bits per heavy atom. The predicted octanol–water partition coefficient (Wildman–Crippen LogP) is 3.45. The summed E-state index contributed by atoms with van der Waals surface area (Å²) in [6.07, 6.45) is 5.20. The fourth-order valence-corrected chi connectivity index (χ4v) is 6.26. The summed E-state index contributed by atoms with van der Waals surface area (Å²) >= 11 is 0. The molecule has 0 radical (unpaired) electrons. The molecule has 2 saturated heterocycles. The molecule has 6 nitrogen and oxygen atoms in total. The Hall–Kier alpha value is -2.70. The van der Waals surface area contributed by atoms with Gasteiger partial charge in [0, 0.05) is 32.2 Å². The first kappa shape index (κ1) is 24.0. The topological polar surface area (TPSA) is 47.1 Å². The lowest BCUT2D eigenvalue weighted by atomic mass is 9.84. The van der Waals surface area contributed by atoms with E-state index in [0.29, 0.717) is 19.1 Å². The summed E-state index contributed by atoms with van der Waals surface area (Å²) in [7, 11) is 4.05. The van der Waals surface area contributed by atoms with Crippen LogP contribution < -0.4 is 0 Å². The minimum atomic E-state index is -0.689. The lowest BCUT2D eigenvalue weighted by molar-refractivity contribution is -0.136. The van der Waals surface area contributed by atoms with Gasteiger partial charge in [0.15, 0.2) is 0 Å². The van der Waals surface area contributed by atoms with Crippen molar-refractivity contribution in [3.63, 3.8) is 0 Å². The van der Waals surface area contributed by atoms with Crippen LogP contribution in [0.2, 0.25) is 0 Å². The standard InChI is InChI=1S/C29H38N4O2/c1-30(2)16-8-17-32-27(34)29(33(28(32)35)18-13-23-9-4-3-5-10-23)14-19-31(20-15-29)26-21-24-11-6-7-12-25(24)22-26/h3-7,9-12,26H,8,13-22H2,1-2H3. The molecule has 2 aliphatic heterocycles. The number of fused-ring (bicyclic) bond motifs is 1. The van der Waals surface area contributed by atoms with Gasteiger partial charge in [-0.15, -0.1) is 0 Å². The molecule has 1 aliphatic carbocycles. The van der Waals surface area contributed by atoms with Crippen LogP contribution in [-0.2, 0) is 24.1 Å². The number of benzene rings is 2. The summed E-state index contributed by atoms with van der Waals surface area (Å²) in [6.45, 7) is 3.69. The van der Waals surface area contributed by atoms with E-state index in [-0.39, 0.29) is 11.9 Å². The monoisotopic (exact) mass is 474 g/mol. The molecule has 2 fully saturated rings. The largest absolute Gasteiger partial charge is 0.327 e. The van der Waals surface area contributed by atoms with Crippen LogP contribution in [0.15, 0.2) is 54.6 Å². The first-order valence-corrected chi connectivity index (χ1v) is 13.1. The average molecular weight is 475 g/mol. The predicted molar refractivity (Wildman–Crippen MR) is 138 cm³/mol. The van der Waals surface area contributed by atoms with Crippen LogP contribution >= 0.6 is 0 Å². The van der Waals surface area contributed by atoms with Crippen molar-refractivity contribution < 1.29 is 9.59 Å². The van der Waals surface area contributed by atoms with Gasteiger partial charge in [0.25, 0.3) is 5.91 Å². The number of imide groups is 1. The second-order valence-electron chi connectivity index (χ2n) is 10.7. The van der Waals surface area contributed by atoms with E-state index in [0.717, 1.165) is 58.2 Å². The van der Waals surface area contributed by atoms with E-state index in [2.05, 4.69) is 46.2 Å². The van der Waals surface area contributed by atoms with Crippen LogP contribution in [0.1, 0.15) is 36.0 Å². The highest BCUT2D eigenvalue weighted by atomic mass is 16.2. The van der Waals surface area contributed by atoms with Gasteiger partial charge in [-0.2, -0.15) is 0 Å². The SMILES string of the molecule is CN(C)CCCN1C(=O)N(CCc2ccccc2)C2(CCN(C3Cc4ccccc4C3)CC2)C1=O. The van der Waals surface area contributed by atoms with Crippen LogP contribution in [-0.4, -0.2) is 89.9 Å². The Morgan fingerprint density at radius 3 is 2.14 bits per heavy atom. The van der Waals surface area contributed by atoms with E-state index >= 15 is 0 Å². The number of carbonyl (C=O) groups is 2. The number of hydrogen-bond donors (Lipinski definition) is 0. The molecule has 2 aromatic carbocycles. The van der Waals surface area contributed by atoms with Crippen LogP contribution in [0.3, 0.4) is 0 Å². The number of likely N-dealkylation sites (tertiary alicyclic amines) is 1. The van der Waals surface area contributed by atoms with Gasteiger partial charge in [-0.25, -0.2) is 4.79 Å². The summed E-state index contributed by atoms with van der Waals surface area (Å²) in [5.41, 5.74) is 3.43. The maximum atomic E-state index is 13.8. The second-order valence-corrected chi connectivity index (χ2v) is 10.7. The molecule has 2 heterocycles. The van der Waals surface area contributed by atoms with E-state index < -0.39 is 5.54 Å². The molecule has 6 heteroatoms. The van der Waals surface area contributed by atoms with Crippen molar-refractivity contribution in [3.8, 4) is 0 Å². The minimum Gasteiger partial charge on any atom is -0.309 e. The smallest absolute Gasteiger partial charge is 0.309 e. The fraction of sp³-hybridized carbons (Fsp3) is 0.517. The van der Waals surface area contributed by atoms with Gasteiger partial charge < -0.3 is 9.80 Å². The van der Waals surface area contributed by atoms with Crippen molar-refractivity contribution in [2.75, 3.05) is 46.8 Å². The fourth-order valence-electron chi connectivity index (χ4n) is 6.26. The summed E-state index contributed by atoms with van der Waals surface area (Å²) < 4.78 is 0. The molecule has 1 spiro atoms. The van der Waals surface area contributed by atoms with E-state index in [1.807, 2.05) is 37.2 Å².